The zero-order chi connectivity index (χ0) is 20.4. The molecule has 0 spiro atoms. The van der Waals surface area contributed by atoms with Crippen LogP contribution in [0.5, 0.6) is 0 Å². The maximum atomic E-state index is 13.1. The molecular weight excluding hydrogens is 382 g/mol. The number of nitrogens with zero attached hydrogens (tertiary/aromatic N) is 1. The zero-order valence-electron chi connectivity index (χ0n) is 15.1. The maximum Gasteiger partial charge on any atom is 0.340 e. The number of aromatic carboxylic acids is 1. The van der Waals surface area contributed by atoms with Crippen LogP contribution in [-0.4, -0.2) is 30.1 Å². The average Bonchev–Trinajstić information content (AvgIpc) is 2.92. The zero-order valence-corrected chi connectivity index (χ0v) is 15.9. The third-order valence-electron chi connectivity index (χ3n) is 4.35. The van der Waals surface area contributed by atoms with Gasteiger partial charge in [-0.05, 0) is 42.8 Å². The van der Waals surface area contributed by atoms with Gasteiger partial charge < -0.3 is 9.84 Å². The molecule has 0 unspecified atom stereocenters. The van der Waals surface area contributed by atoms with Crippen LogP contribution in [0.1, 0.15) is 22.8 Å². The van der Waals surface area contributed by atoms with E-state index in [0.717, 1.165) is 0 Å². The Kier molecular flexibility index (Phi) is 5.33. The van der Waals surface area contributed by atoms with Gasteiger partial charge in [-0.25, -0.2) is 9.59 Å². The fraction of sp³-hybridized carbons (Fsp3) is 0.0952. The summed E-state index contributed by atoms with van der Waals surface area (Å²) in [5, 5.41) is 9.38. The number of anilines is 1. The third-order valence-corrected chi connectivity index (χ3v) is 4.67. The highest BCUT2D eigenvalue weighted by molar-refractivity contribution is 6.35. The number of methoxy groups -OCH3 is 1. The number of para-hydroxylation sites is 1. The van der Waals surface area contributed by atoms with E-state index in [0.29, 0.717) is 22.0 Å². The van der Waals surface area contributed by atoms with Crippen LogP contribution < -0.4 is 4.90 Å². The first kappa shape index (κ1) is 19.4. The normalized spacial score (nSPS) is 15.3. The van der Waals surface area contributed by atoms with E-state index in [9.17, 15) is 14.4 Å². The van der Waals surface area contributed by atoms with Gasteiger partial charge in [0.15, 0.2) is 0 Å². The number of benzene rings is 2. The molecule has 2 aromatic carbocycles. The summed E-state index contributed by atoms with van der Waals surface area (Å²) in [4.78, 5) is 37.9. The molecule has 142 valence electrons. The summed E-state index contributed by atoms with van der Waals surface area (Å²) >= 11 is 6.24. The number of carbonyl (C=O) groups is 3. The summed E-state index contributed by atoms with van der Waals surface area (Å²) in [6.07, 6.45) is 1.53. The Hall–Kier alpha value is -3.38. The number of allylic oxidation sites excluding steroid dienone is 1. The van der Waals surface area contributed by atoms with Crippen LogP contribution in [0, 0.1) is 0 Å². The van der Waals surface area contributed by atoms with E-state index in [4.69, 9.17) is 21.4 Å². The minimum absolute atomic E-state index is 0.123. The predicted octanol–water partition coefficient (Wildman–Crippen LogP) is 3.92. The van der Waals surface area contributed by atoms with Gasteiger partial charge in [-0.15, -0.1) is 0 Å². The average molecular weight is 398 g/mol. The standard InChI is InChI=1S/C21H16ClNO5/c1-12-18(21(27)28-2)15(11-13-7-9-14(10-8-13)20(25)26)19(24)23(12)17-6-4-3-5-16(17)22/h3-11H,1-2H3,(H,25,26)/b15-11-. The number of ether oxygens (including phenoxy) is 1. The first-order valence-electron chi connectivity index (χ1n) is 8.28. The first-order chi connectivity index (χ1) is 13.3. The largest absolute Gasteiger partial charge is 0.478 e. The third kappa shape index (κ3) is 3.42. The molecule has 0 bridgehead atoms. The summed E-state index contributed by atoms with van der Waals surface area (Å²) < 4.78 is 4.86. The van der Waals surface area contributed by atoms with Crippen molar-refractivity contribution in [2.75, 3.05) is 12.0 Å². The highest BCUT2D eigenvalue weighted by Gasteiger charge is 2.38. The molecule has 1 aliphatic rings. The Balaban J connectivity index is 2.12. The van der Waals surface area contributed by atoms with Gasteiger partial charge in [0.25, 0.3) is 5.91 Å². The number of hydrogen-bond acceptors (Lipinski definition) is 4. The smallest absolute Gasteiger partial charge is 0.340 e. The Morgan fingerprint density at radius 1 is 1.11 bits per heavy atom. The topological polar surface area (TPSA) is 83.9 Å². The van der Waals surface area contributed by atoms with E-state index in [2.05, 4.69) is 0 Å². The summed E-state index contributed by atoms with van der Waals surface area (Å²) in [5.41, 5.74) is 1.83. The van der Waals surface area contributed by atoms with Crippen LogP contribution in [0.15, 0.2) is 65.4 Å². The number of rotatable bonds is 4. The molecule has 1 aliphatic heterocycles. The molecule has 1 N–H and O–H groups in total. The summed E-state index contributed by atoms with van der Waals surface area (Å²) in [5.74, 6) is -2.12. The van der Waals surface area contributed by atoms with Crippen LogP contribution in [0.4, 0.5) is 5.69 Å². The highest BCUT2D eigenvalue weighted by atomic mass is 35.5. The van der Waals surface area contributed by atoms with Crippen molar-refractivity contribution in [2.24, 2.45) is 0 Å². The minimum atomic E-state index is -1.05. The molecule has 28 heavy (non-hydrogen) atoms. The van der Waals surface area contributed by atoms with Crippen molar-refractivity contribution in [2.45, 2.75) is 6.92 Å². The molecule has 7 heteroatoms. The van der Waals surface area contributed by atoms with Crippen molar-refractivity contribution in [1.29, 1.82) is 0 Å². The quantitative estimate of drug-likeness (QED) is 0.624. The Morgan fingerprint density at radius 2 is 1.75 bits per heavy atom. The van der Waals surface area contributed by atoms with Crippen LogP contribution in [0.3, 0.4) is 0 Å². The fourth-order valence-electron chi connectivity index (χ4n) is 2.99. The lowest BCUT2D eigenvalue weighted by atomic mass is 10.0. The Bertz CT molecular complexity index is 1040. The van der Waals surface area contributed by atoms with E-state index in [1.807, 2.05) is 0 Å². The van der Waals surface area contributed by atoms with Crippen molar-refractivity contribution in [3.8, 4) is 0 Å². The van der Waals surface area contributed by atoms with Gasteiger partial charge in [-0.3, -0.25) is 9.69 Å². The molecule has 0 saturated heterocycles. The van der Waals surface area contributed by atoms with E-state index in [1.165, 1.54) is 30.2 Å². The summed E-state index contributed by atoms with van der Waals surface area (Å²) in [7, 11) is 1.24. The van der Waals surface area contributed by atoms with Crippen LogP contribution in [0.25, 0.3) is 6.08 Å². The predicted molar refractivity (Wildman–Crippen MR) is 105 cm³/mol. The monoisotopic (exact) mass is 397 g/mol. The number of amides is 1. The molecular formula is C21H16ClNO5. The lowest BCUT2D eigenvalue weighted by Crippen LogP contribution is -2.24. The van der Waals surface area contributed by atoms with Crippen molar-refractivity contribution in [3.05, 3.63) is 81.5 Å². The molecule has 3 rings (SSSR count). The van der Waals surface area contributed by atoms with Gasteiger partial charge in [0.05, 0.1) is 34.5 Å². The SMILES string of the molecule is COC(=O)C1=C(C)N(c2ccccc2Cl)C(=O)/C1=C\c1ccc(C(=O)O)cc1. The van der Waals surface area contributed by atoms with Crippen molar-refractivity contribution in [1.82, 2.24) is 0 Å². The van der Waals surface area contributed by atoms with E-state index in [-0.39, 0.29) is 16.7 Å². The Morgan fingerprint density at radius 3 is 2.32 bits per heavy atom. The van der Waals surface area contributed by atoms with E-state index >= 15 is 0 Å². The van der Waals surface area contributed by atoms with E-state index < -0.39 is 17.8 Å². The molecule has 0 saturated carbocycles. The number of carboxylic acid groups (broad SMARTS) is 1. The fourth-order valence-corrected chi connectivity index (χ4v) is 3.21. The number of esters is 1. The van der Waals surface area contributed by atoms with Crippen LogP contribution in [-0.2, 0) is 14.3 Å². The molecule has 0 radical (unpaired) electrons. The molecule has 1 amide bonds. The Labute approximate surface area is 166 Å². The molecule has 0 atom stereocenters. The molecule has 0 fully saturated rings. The molecule has 0 aliphatic carbocycles. The lowest BCUT2D eigenvalue weighted by Gasteiger charge is -2.19. The van der Waals surface area contributed by atoms with Crippen molar-refractivity contribution < 1.29 is 24.2 Å². The number of carbonyl (C=O) groups excluding carboxylic acids is 2. The van der Waals surface area contributed by atoms with Gasteiger partial charge in [-0.1, -0.05) is 35.9 Å². The van der Waals surface area contributed by atoms with Gasteiger partial charge in [0.2, 0.25) is 0 Å². The molecule has 1 heterocycles. The second kappa shape index (κ2) is 7.70. The van der Waals surface area contributed by atoms with Crippen LogP contribution in [0.2, 0.25) is 5.02 Å². The van der Waals surface area contributed by atoms with Crippen molar-refractivity contribution >= 4 is 41.2 Å². The van der Waals surface area contributed by atoms with Gasteiger partial charge in [0, 0.05) is 5.70 Å². The second-order valence-corrected chi connectivity index (χ2v) is 6.44. The highest BCUT2D eigenvalue weighted by Crippen LogP contribution is 2.38. The molecule has 0 aromatic heterocycles. The summed E-state index contributed by atoms with van der Waals surface area (Å²) in [6, 6.07) is 12.8. The van der Waals surface area contributed by atoms with Crippen molar-refractivity contribution in [3.63, 3.8) is 0 Å². The van der Waals surface area contributed by atoms with Gasteiger partial charge >= 0.3 is 11.9 Å². The summed E-state index contributed by atoms with van der Waals surface area (Å²) in [6.45, 7) is 1.64. The van der Waals surface area contributed by atoms with Gasteiger partial charge in [-0.2, -0.15) is 0 Å². The lowest BCUT2D eigenvalue weighted by molar-refractivity contribution is -0.136. The number of halogens is 1. The van der Waals surface area contributed by atoms with Crippen LogP contribution >= 0.6 is 11.6 Å². The molecule has 6 nitrogen and oxygen atoms in total. The second-order valence-electron chi connectivity index (χ2n) is 6.03. The number of carboxylic acids is 1. The van der Waals surface area contributed by atoms with Gasteiger partial charge in [0.1, 0.15) is 0 Å². The van der Waals surface area contributed by atoms with E-state index in [1.54, 1.807) is 43.3 Å². The molecule has 2 aromatic rings. The maximum absolute atomic E-state index is 13.1. The number of hydrogen-bond donors (Lipinski definition) is 1. The first-order valence-corrected chi connectivity index (χ1v) is 8.66. The minimum Gasteiger partial charge on any atom is -0.478 e.